The number of nitrogen functional groups attached to an aromatic ring is 1. The van der Waals surface area contributed by atoms with Gasteiger partial charge in [0, 0.05) is 18.2 Å². The third-order valence-corrected chi connectivity index (χ3v) is 5.75. The number of amides is 4. The van der Waals surface area contributed by atoms with Gasteiger partial charge in [-0.25, -0.2) is 14.2 Å². The lowest BCUT2D eigenvalue weighted by molar-refractivity contribution is -0.135. The van der Waals surface area contributed by atoms with Gasteiger partial charge in [-0.1, -0.05) is 6.07 Å². The minimum Gasteiger partial charge on any atom is -0.494 e. The number of carbonyl (C=O) groups is 3. The van der Waals surface area contributed by atoms with E-state index in [4.69, 9.17) is 14.9 Å². The molecule has 2 aromatic heterocycles. The fourth-order valence-electron chi connectivity index (χ4n) is 4.13. The van der Waals surface area contributed by atoms with Crippen molar-refractivity contribution in [1.82, 2.24) is 20.5 Å². The highest BCUT2D eigenvalue weighted by molar-refractivity contribution is 6.08. The fourth-order valence-corrected chi connectivity index (χ4v) is 4.13. The normalized spacial score (nSPS) is 20.3. The van der Waals surface area contributed by atoms with Gasteiger partial charge in [-0.15, -0.1) is 0 Å². The SMILES string of the molecule is COc1ccc2c(c1F)CC(=O)N(CC1(c3cc4nc(N)ccc4o3)NC(=O)NC1=O)C2. The van der Waals surface area contributed by atoms with Crippen molar-refractivity contribution in [3.05, 3.63) is 53.0 Å². The van der Waals surface area contributed by atoms with Crippen molar-refractivity contribution in [1.29, 1.82) is 0 Å². The Morgan fingerprint density at radius 1 is 1.28 bits per heavy atom. The zero-order valence-electron chi connectivity index (χ0n) is 16.9. The first-order chi connectivity index (χ1) is 15.3. The second-order valence-corrected chi connectivity index (χ2v) is 7.69. The second kappa shape index (κ2) is 6.94. The van der Waals surface area contributed by atoms with Crippen molar-refractivity contribution >= 4 is 34.8 Å². The van der Waals surface area contributed by atoms with E-state index in [2.05, 4.69) is 15.6 Å². The van der Waals surface area contributed by atoms with Gasteiger partial charge in [0.05, 0.1) is 20.1 Å². The molecule has 10 nitrogen and oxygen atoms in total. The number of rotatable bonds is 4. The molecule has 0 spiro atoms. The minimum atomic E-state index is -1.68. The van der Waals surface area contributed by atoms with Crippen molar-refractivity contribution in [3.8, 4) is 5.75 Å². The molecule has 1 unspecified atom stereocenters. The van der Waals surface area contributed by atoms with E-state index < -0.39 is 29.2 Å². The summed E-state index contributed by atoms with van der Waals surface area (Å²) in [7, 11) is 1.35. The van der Waals surface area contributed by atoms with Crippen LogP contribution in [0.3, 0.4) is 0 Å². The third-order valence-electron chi connectivity index (χ3n) is 5.75. The predicted molar refractivity (Wildman–Crippen MR) is 109 cm³/mol. The maximum absolute atomic E-state index is 14.6. The molecule has 2 aliphatic heterocycles. The Bertz CT molecular complexity index is 1310. The highest BCUT2D eigenvalue weighted by Gasteiger charge is 2.52. The molecule has 1 atom stereocenters. The first-order valence-electron chi connectivity index (χ1n) is 9.73. The number of furan rings is 1. The molecule has 5 rings (SSSR count). The van der Waals surface area contributed by atoms with E-state index in [1.54, 1.807) is 18.2 Å². The summed E-state index contributed by atoms with van der Waals surface area (Å²) in [5.74, 6) is -1.24. The lowest BCUT2D eigenvalue weighted by Crippen LogP contribution is -2.54. The van der Waals surface area contributed by atoms with Gasteiger partial charge in [-0.05, 0) is 23.8 Å². The number of nitrogens with zero attached hydrogens (tertiary/aromatic N) is 2. The van der Waals surface area contributed by atoms with Gasteiger partial charge in [-0.2, -0.15) is 0 Å². The Kier molecular flexibility index (Phi) is 4.29. The van der Waals surface area contributed by atoms with Gasteiger partial charge in [-0.3, -0.25) is 14.9 Å². The number of pyridine rings is 1. The number of halogens is 1. The first kappa shape index (κ1) is 19.8. The zero-order chi connectivity index (χ0) is 22.6. The summed E-state index contributed by atoms with van der Waals surface area (Å²) in [6.07, 6.45) is -0.206. The van der Waals surface area contributed by atoms with Crippen LogP contribution in [0.25, 0.3) is 11.1 Å². The quantitative estimate of drug-likeness (QED) is 0.519. The Labute approximate surface area is 180 Å². The molecule has 4 heterocycles. The van der Waals surface area contributed by atoms with Crippen LogP contribution < -0.4 is 21.1 Å². The molecular formula is C21H18FN5O5. The van der Waals surface area contributed by atoms with Crippen molar-refractivity contribution in [3.63, 3.8) is 0 Å². The van der Waals surface area contributed by atoms with Crippen molar-refractivity contribution < 1.29 is 27.9 Å². The lowest BCUT2D eigenvalue weighted by Gasteiger charge is -2.35. The summed E-state index contributed by atoms with van der Waals surface area (Å²) in [5, 5.41) is 4.79. The van der Waals surface area contributed by atoms with E-state index in [9.17, 15) is 18.8 Å². The molecule has 1 fully saturated rings. The molecule has 164 valence electrons. The monoisotopic (exact) mass is 439 g/mol. The number of methoxy groups -OCH3 is 1. The molecule has 0 radical (unpaired) electrons. The van der Waals surface area contributed by atoms with E-state index in [0.717, 1.165) is 0 Å². The Hall–Kier alpha value is -4.15. The highest BCUT2D eigenvalue weighted by atomic mass is 19.1. The second-order valence-electron chi connectivity index (χ2n) is 7.69. The van der Waals surface area contributed by atoms with E-state index in [0.29, 0.717) is 16.7 Å². The summed E-state index contributed by atoms with van der Waals surface area (Å²) < 4.78 is 25.4. The Balaban J connectivity index is 1.54. The summed E-state index contributed by atoms with van der Waals surface area (Å²) in [6, 6.07) is 7.08. The van der Waals surface area contributed by atoms with E-state index >= 15 is 0 Å². The van der Waals surface area contributed by atoms with E-state index in [1.807, 2.05) is 0 Å². The van der Waals surface area contributed by atoms with Crippen molar-refractivity contribution in [2.75, 3.05) is 19.4 Å². The Morgan fingerprint density at radius 2 is 2.09 bits per heavy atom. The number of hydrogen-bond donors (Lipinski definition) is 3. The van der Waals surface area contributed by atoms with Gasteiger partial charge in [0.25, 0.3) is 5.91 Å². The molecule has 0 aliphatic carbocycles. The largest absolute Gasteiger partial charge is 0.494 e. The number of nitrogens with one attached hydrogen (secondary N) is 2. The number of imide groups is 1. The number of carbonyl (C=O) groups excluding carboxylic acids is 3. The molecule has 1 aromatic carbocycles. The van der Waals surface area contributed by atoms with Crippen LogP contribution >= 0.6 is 0 Å². The number of anilines is 1. The van der Waals surface area contributed by atoms with Gasteiger partial charge in [0.1, 0.15) is 17.1 Å². The number of hydrogen-bond acceptors (Lipinski definition) is 7. The first-order valence-corrected chi connectivity index (χ1v) is 9.73. The average molecular weight is 439 g/mol. The number of aromatic nitrogens is 1. The number of nitrogens with two attached hydrogens (primary N) is 1. The molecule has 2 aliphatic rings. The topological polar surface area (TPSA) is 140 Å². The van der Waals surface area contributed by atoms with Crippen LogP contribution in [-0.2, 0) is 28.1 Å². The number of ether oxygens (including phenoxy) is 1. The summed E-state index contributed by atoms with van der Waals surface area (Å²) in [4.78, 5) is 43.4. The van der Waals surface area contributed by atoms with Crippen molar-refractivity contribution in [2.24, 2.45) is 0 Å². The summed E-state index contributed by atoms with van der Waals surface area (Å²) in [5.41, 5.74) is 5.65. The van der Waals surface area contributed by atoms with Gasteiger partial charge < -0.3 is 25.1 Å². The van der Waals surface area contributed by atoms with Crippen LogP contribution in [0.5, 0.6) is 5.75 Å². The van der Waals surface area contributed by atoms with Crippen LogP contribution in [0.15, 0.2) is 34.7 Å². The van der Waals surface area contributed by atoms with Gasteiger partial charge >= 0.3 is 6.03 Å². The highest BCUT2D eigenvalue weighted by Crippen LogP contribution is 2.34. The molecule has 11 heteroatoms. The van der Waals surface area contributed by atoms with Crippen LogP contribution in [0.2, 0.25) is 0 Å². The van der Waals surface area contributed by atoms with Gasteiger partial charge in [0.15, 0.2) is 22.7 Å². The molecular weight excluding hydrogens is 421 g/mol. The zero-order valence-corrected chi connectivity index (χ0v) is 16.9. The third kappa shape index (κ3) is 2.93. The summed E-state index contributed by atoms with van der Waals surface area (Å²) >= 11 is 0. The average Bonchev–Trinajstić information content (AvgIpc) is 3.30. The fraction of sp³-hybridized carbons (Fsp3) is 0.238. The molecule has 4 N–H and O–H groups in total. The van der Waals surface area contributed by atoms with E-state index in [-0.39, 0.29) is 42.4 Å². The molecule has 32 heavy (non-hydrogen) atoms. The predicted octanol–water partition coefficient (Wildman–Crippen LogP) is 1.18. The number of benzene rings is 1. The van der Waals surface area contributed by atoms with Crippen LogP contribution in [0.4, 0.5) is 15.0 Å². The molecule has 0 saturated carbocycles. The Morgan fingerprint density at radius 3 is 2.81 bits per heavy atom. The molecule has 0 bridgehead atoms. The van der Waals surface area contributed by atoms with Gasteiger partial charge in [0.2, 0.25) is 5.91 Å². The van der Waals surface area contributed by atoms with Crippen LogP contribution in [0, 0.1) is 5.82 Å². The maximum Gasteiger partial charge on any atom is 0.322 e. The van der Waals surface area contributed by atoms with E-state index in [1.165, 1.54) is 24.1 Å². The minimum absolute atomic E-state index is 0.0470. The number of urea groups is 1. The molecule has 3 aromatic rings. The molecule has 4 amide bonds. The summed E-state index contributed by atoms with van der Waals surface area (Å²) in [6.45, 7) is -0.169. The smallest absolute Gasteiger partial charge is 0.322 e. The van der Waals surface area contributed by atoms with Crippen LogP contribution in [0.1, 0.15) is 16.9 Å². The molecule has 1 saturated heterocycles. The number of fused-ring (bicyclic) bond motifs is 2. The standard InChI is InChI=1S/C21H18FN5O5/c1-31-14-3-2-10-8-27(17(28)6-11(10)18(14)22)9-21(19(29)25-20(30)26-21)15-7-12-13(32-15)4-5-16(23)24-12/h2-5,7H,6,8-9H2,1H3,(H2,23,24)(H2,25,26,29,30). The maximum atomic E-state index is 14.6. The lowest BCUT2D eigenvalue weighted by atomic mass is 9.92. The van der Waals surface area contributed by atoms with Crippen LogP contribution in [-0.4, -0.2) is 41.4 Å². The van der Waals surface area contributed by atoms with Crippen molar-refractivity contribution in [2.45, 2.75) is 18.5 Å².